The summed E-state index contributed by atoms with van der Waals surface area (Å²) in [5.74, 6) is -0.893. The number of hydrogen-bond donors (Lipinski definition) is 2. The highest BCUT2D eigenvalue weighted by molar-refractivity contribution is 5.71. The summed E-state index contributed by atoms with van der Waals surface area (Å²) in [7, 11) is 0. The average Bonchev–Trinajstić information content (AvgIpc) is 2.37. The number of rotatable bonds is 4. The first kappa shape index (κ1) is 14.4. The summed E-state index contributed by atoms with van der Waals surface area (Å²) in [6, 6.07) is 0. The molecule has 0 aliphatic heterocycles. The van der Waals surface area contributed by atoms with Crippen molar-refractivity contribution in [2.45, 2.75) is 51.9 Å². The van der Waals surface area contributed by atoms with Gasteiger partial charge in [-0.1, -0.05) is 19.8 Å². The van der Waals surface area contributed by atoms with Gasteiger partial charge in [0, 0.05) is 0 Å². The Morgan fingerprint density at radius 3 is 2.37 bits per heavy atom. The molecule has 2 saturated carbocycles. The van der Waals surface area contributed by atoms with E-state index in [1.165, 1.54) is 0 Å². The number of carboxylic acid groups (broad SMARTS) is 2. The molecule has 0 radical (unpaired) electrons. The van der Waals surface area contributed by atoms with Crippen LogP contribution in [0.3, 0.4) is 0 Å². The van der Waals surface area contributed by atoms with E-state index in [1.54, 1.807) is 0 Å². The Morgan fingerprint density at radius 1 is 1.05 bits per heavy atom. The van der Waals surface area contributed by atoms with Crippen LogP contribution in [0.4, 0.5) is 0 Å². The maximum Gasteiger partial charge on any atom is 0.306 e. The van der Waals surface area contributed by atoms with Crippen molar-refractivity contribution in [3.05, 3.63) is 0 Å². The summed E-state index contributed by atoms with van der Waals surface area (Å²) in [4.78, 5) is 22.6. The molecular weight excluding hydrogens is 244 g/mol. The minimum atomic E-state index is -0.706. The van der Waals surface area contributed by atoms with E-state index >= 15 is 0 Å². The highest BCUT2D eigenvalue weighted by Gasteiger charge is 2.45. The Kier molecular flexibility index (Phi) is 4.48. The molecule has 0 bridgehead atoms. The molecule has 0 aromatic heterocycles. The molecule has 2 aliphatic rings. The number of fused-ring (bicyclic) bond motifs is 1. The SMILES string of the molecule is CCCC1CC2CC(C(=O)O)CCC2C(C(=O)O)C1. The second-order valence-electron chi connectivity index (χ2n) is 6.34. The van der Waals surface area contributed by atoms with E-state index < -0.39 is 11.9 Å². The van der Waals surface area contributed by atoms with Crippen LogP contribution in [0, 0.1) is 29.6 Å². The van der Waals surface area contributed by atoms with Gasteiger partial charge in [-0.2, -0.15) is 0 Å². The molecule has 2 rings (SSSR count). The first-order valence-electron chi connectivity index (χ1n) is 7.48. The maximum absolute atomic E-state index is 11.5. The Balaban J connectivity index is 2.09. The molecule has 5 atom stereocenters. The van der Waals surface area contributed by atoms with Gasteiger partial charge in [0.2, 0.25) is 0 Å². The third-order valence-corrected chi connectivity index (χ3v) is 5.14. The van der Waals surface area contributed by atoms with Gasteiger partial charge >= 0.3 is 11.9 Å². The quantitative estimate of drug-likeness (QED) is 0.822. The number of carboxylic acids is 2. The third-order valence-electron chi connectivity index (χ3n) is 5.14. The first-order valence-corrected chi connectivity index (χ1v) is 7.48. The van der Waals surface area contributed by atoms with E-state index in [4.69, 9.17) is 5.11 Å². The van der Waals surface area contributed by atoms with Crippen molar-refractivity contribution >= 4 is 11.9 Å². The molecule has 0 amide bonds. The minimum Gasteiger partial charge on any atom is -0.481 e. The molecule has 19 heavy (non-hydrogen) atoms. The predicted molar refractivity (Wildman–Crippen MR) is 70.7 cm³/mol. The van der Waals surface area contributed by atoms with E-state index in [-0.39, 0.29) is 17.8 Å². The Bertz CT molecular complexity index is 352. The Morgan fingerprint density at radius 2 is 1.79 bits per heavy atom. The van der Waals surface area contributed by atoms with Crippen LogP contribution < -0.4 is 0 Å². The van der Waals surface area contributed by atoms with Gasteiger partial charge < -0.3 is 10.2 Å². The summed E-state index contributed by atoms with van der Waals surface area (Å²) in [5, 5.41) is 18.6. The summed E-state index contributed by atoms with van der Waals surface area (Å²) in [6.45, 7) is 2.13. The summed E-state index contributed by atoms with van der Waals surface area (Å²) in [6.07, 6.45) is 6.09. The van der Waals surface area contributed by atoms with Crippen molar-refractivity contribution in [2.75, 3.05) is 0 Å². The van der Waals surface area contributed by atoms with E-state index in [1.807, 2.05) is 0 Å². The summed E-state index contributed by atoms with van der Waals surface area (Å²) < 4.78 is 0. The van der Waals surface area contributed by atoms with Crippen LogP contribution in [-0.2, 0) is 9.59 Å². The molecule has 0 aromatic rings. The van der Waals surface area contributed by atoms with E-state index in [0.717, 1.165) is 32.1 Å². The molecule has 2 fully saturated rings. The van der Waals surface area contributed by atoms with Crippen molar-refractivity contribution in [2.24, 2.45) is 29.6 Å². The van der Waals surface area contributed by atoms with Gasteiger partial charge in [-0.25, -0.2) is 0 Å². The molecule has 2 aliphatic carbocycles. The van der Waals surface area contributed by atoms with Crippen LogP contribution in [0.2, 0.25) is 0 Å². The lowest BCUT2D eigenvalue weighted by molar-refractivity contribution is -0.150. The van der Waals surface area contributed by atoms with Crippen LogP contribution in [0.15, 0.2) is 0 Å². The fourth-order valence-electron chi connectivity index (χ4n) is 4.30. The van der Waals surface area contributed by atoms with Crippen LogP contribution in [-0.4, -0.2) is 22.2 Å². The first-order chi connectivity index (χ1) is 9.02. The third kappa shape index (κ3) is 3.10. The van der Waals surface area contributed by atoms with Gasteiger partial charge in [-0.05, 0) is 49.9 Å². The molecule has 4 heteroatoms. The number of aliphatic carboxylic acids is 2. The van der Waals surface area contributed by atoms with Crippen LogP contribution in [0.1, 0.15) is 51.9 Å². The zero-order valence-electron chi connectivity index (χ0n) is 11.5. The highest BCUT2D eigenvalue weighted by atomic mass is 16.4. The molecule has 0 aromatic carbocycles. The van der Waals surface area contributed by atoms with Crippen molar-refractivity contribution in [3.8, 4) is 0 Å². The van der Waals surface area contributed by atoms with Gasteiger partial charge in [0.1, 0.15) is 0 Å². The van der Waals surface area contributed by atoms with Crippen molar-refractivity contribution < 1.29 is 19.8 Å². The highest BCUT2D eigenvalue weighted by Crippen LogP contribution is 2.48. The van der Waals surface area contributed by atoms with Crippen molar-refractivity contribution in [1.29, 1.82) is 0 Å². The van der Waals surface area contributed by atoms with Gasteiger partial charge in [0.05, 0.1) is 11.8 Å². The molecule has 0 spiro atoms. The van der Waals surface area contributed by atoms with E-state index in [9.17, 15) is 14.7 Å². The Labute approximate surface area is 114 Å². The van der Waals surface area contributed by atoms with Crippen LogP contribution in [0.5, 0.6) is 0 Å². The van der Waals surface area contributed by atoms with E-state index in [0.29, 0.717) is 24.7 Å². The summed E-state index contributed by atoms with van der Waals surface area (Å²) in [5.41, 5.74) is 0. The average molecular weight is 268 g/mol. The molecule has 2 N–H and O–H groups in total. The van der Waals surface area contributed by atoms with Gasteiger partial charge in [0.25, 0.3) is 0 Å². The topological polar surface area (TPSA) is 74.6 Å². The number of carbonyl (C=O) groups is 2. The summed E-state index contributed by atoms with van der Waals surface area (Å²) >= 11 is 0. The lowest BCUT2D eigenvalue weighted by atomic mass is 9.60. The fraction of sp³-hybridized carbons (Fsp3) is 0.867. The van der Waals surface area contributed by atoms with Crippen LogP contribution in [0.25, 0.3) is 0 Å². The zero-order chi connectivity index (χ0) is 14.0. The Hall–Kier alpha value is -1.06. The monoisotopic (exact) mass is 268 g/mol. The van der Waals surface area contributed by atoms with Crippen molar-refractivity contribution in [3.63, 3.8) is 0 Å². The second kappa shape index (κ2) is 5.93. The van der Waals surface area contributed by atoms with Gasteiger partial charge in [0.15, 0.2) is 0 Å². The van der Waals surface area contributed by atoms with Crippen LogP contribution >= 0.6 is 0 Å². The fourth-order valence-corrected chi connectivity index (χ4v) is 4.30. The predicted octanol–water partition coefficient (Wildman–Crippen LogP) is 3.01. The molecule has 0 heterocycles. The lowest BCUT2D eigenvalue weighted by Crippen LogP contribution is -2.41. The molecule has 0 saturated heterocycles. The van der Waals surface area contributed by atoms with E-state index in [2.05, 4.69) is 6.92 Å². The molecular formula is C15H24O4. The lowest BCUT2D eigenvalue weighted by Gasteiger charge is -2.44. The molecule has 4 nitrogen and oxygen atoms in total. The zero-order valence-corrected chi connectivity index (χ0v) is 11.5. The maximum atomic E-state index is 11.5. The largest absolute Gasteiger partial charge is 0.481 e. The standard InChI is InChI=1S/C15H24O4/c1-2-3-9-6-11-8-10(14(16)17)4-5-12(11)13(7-9)15(18)19/h9-13H,2-8H2,1H3,(H,16,17)(H,18,19). The van der Waals surface area contributed by atoms with Gasteiger partial charge in [-0.3, -0.25) is 9.59 Å². The number of hydrogen-bond acceptors (Lipinski definition) is 2. The van der Waals surface area contributed by atoms with Crippen molar-refractivity contribution in [1.82, 2.24) is 0 Å². The second-order valence-corrected chi connectivity index (χ2v) is 6.34. The molecule has 108 valence electrons. The minimum absolute atomic E-state index is 0.209. The van der Waals surface area contributed by atoms with Gasteiger partial charge in [-0.15, -0.1) is 0 Å². The smallest absolute Gasteiger partial charge is 0.306 e. The normalized spacial score (nSPS) is 38.5. The molecule has 5 unspecified atom stereocenters.